The summed E-state index contributed by atoms with van der Waals surface area (Å²) in [6, 6.07) is 16.3. The number of benzene rings is 2. The Morgan fingerprint density at radius 1 is 1.15 bits per heavy atom. The smallest absolute Gasteiger partial charge is 0.246 e. The number of likely N-dealkylation sites (N-methyl/N-ethyl adjacent to an activating group) is 1. The molecule has 1 aromatic heterocycles. The monoisotopic (exact) mass is 391 g/mol. The van der Waals surface area contributed by atoms with Crippen LogP contribution in [0.5, 0.6) is 5.75 Å². The van der Waals surface area contributed by atoms with Crippen LogP contribution in [0.1, 0.15) is 0 Å². The number of sulfonamides is 1. The Labute approximate surface area is 157 Å². The van der Waals surface area contributed by atoms with E-state index in [0.717, 1.165) is 5.69 Å². The minimum atomic E-state index is -3.64. The van der Waals surface area contributed by atoms with Gasteiger partial charge in [0, 0.05) is 18.6 Å². The van der Waals surface area contributed by atoms with Crippen LogP contribution in [0.2, 0.25) is 5.02 Å². The first kappa shape index (κ1) is 18.4. The average molecular weight is 392 g/mol. The van der Waals surface area contributed by atoms with Crippen LogP contribution in [0, 0.1) is 0 Å². The van der Waals surface area contributed by atoms with Crippen LogP contribution >= 0.6 is 11.6 Å². The van der Waals surface area contributed by atoms with Gasteiger partial charge in [0.15, 0.2) is 0 Å². The molecule has 0 aliphatic heterocycles. The standard InChI is InChI=1S/C18H18ClN3O3S/c1-21(10-11-25-17-9-5-6-15(19)12-17)26(23,24)18-13-20-22(14-18)16-7-3-2-4-8-16/h2-9,12-14H,10-11H2,1H3. The zero-order chi connectivity index (χ0) is 18.6. The molecule has 0 amide bonds. The molecular weight excluding hydrogens is 374 g/mol. The Morgan fingerprint density at radius 2 is 1.92 bits per heavy atom. The SMILES string of the molecule is CN(CCOc1cccc(Cl)c1)S(=O)(=O)c1cnn(-c2ccccc2)c1. The van der Waals surface area contributed by atoms with Gasteiger partial charge < -0.3 is 4.74 Å². The molecule has 0 aliphatic carbocycles. The van der Waals surface area contributed by atoms with Crippen LogP contribution in [0.3, 0.4) is 0 Å². The summed E-state index contributed by atoms with van der Waals surface area (Å²) < 4.78 is 33.7. The van der Waals surface area contributed by atoms with E-state index < -0.39 is 10.0 Å². The van der Waals surface area contributed by atoms with E-state index >= 15 is 0 Å². The molecule has 0 N–H and O–H groups in total. The number of hydrogen-bond acceptors (Lipinski definition) is 4. The molecule has 0 aliphatic rings. The van der Waals surface area contributed by atoms with E-state index in [0.29, 0.717) is 10.8 Å². The first-order valence-electron chi connectivity index (χ1n) is 7.91. The van der Waals surface area contributed by atoms with E-state index in [4.69, 9.17) is 16.3 Å². The minimum Gasteiger partial charge on any atom is -0.492 e. The molecule has 26 heavy (non-hydrogen) atoms. The molecule has 136 valence electrons. The summed E-state index contributed by atoms with van der Waals surface area (Å²) >= 11 is 5.90. The lowest BCUT2D eigenvalue weighted by Gasteiger charge is -2.16. The van der Waals surface area contributed by atoms with Gasteiger partial charge in [-0.1, -0.05) is 35.9 Å². The topological polar surface area (TPSA) is 64.4 Å². The Bertz CT molecular complexity index is 974. The summed E-state index contributed by atoms with van der Waals surface area (Å²) in [5, 5.41) is 4.70. The summed E-state index contributed by atoms with van der Waals surface area (Å²) in [4.78, 5) is 0.131. The quantitative estimate of drug-likeness (QED) is 0.620. The van der Waals surface area contributed by atoms with E-state index in [2.05, 4.69) is 5.10 Å². The van der Waals surface area contributed by atoms with Gasteiger partial charge in [-0.15, -0.1) is 0 Å². The molecule has 3 aromatic rings. The lowest BCUT2D eigenvalue weighted by atomic mass is 10.3. The van der Waals surface area contributed by atoms with Gasteiger partial charge in [-0.3, -0.25) is 0 Å². The highest BCUT2D eigenvalue weighted by Crippen LogP contribution is 2.18. The Hall–Kier alpha value is -2.35. The highest BCUT2D eigenvalue weighted by atomic mass is 35.5. The predicted molar refractivity (Wildman–Crippen MR) is 100 cm³/mol. The molecule has 0 radical (unpaired) electrons. The zero-order valence-electron chi connectivity index (χ0n) is 14.1. The van der Waals surface area contributed by atoms with Crippen molar-refractivity contribution in [2.75, 3.05) is 20.2 Å². The first-order chi connectivity index (χ1) is 12.5. The maximum atomic E-state index is 12.7. The third-order valence-electron chi connectivity index (χ3n) is 3.76. The number of hydrogen-bond donors (Lipinski definition) is 0. The molecule has 0 saturated carbocycles. The molecule has 0 unspecified atom stereocenters. The number of para-hydroxylation sites is 1. The van der Waals surface area contributed by atoms with E-state index in [1.54, 1.807) is 24.3 Å². The van der Waals surface area contributed by atoms with Crippen LogP contribution in [0.4, 0.5) is 0 Å². The Morgan fingerprint density at radius 3 is 2.65 bits per heavy atom. The van der Waals surface area contributed by atoms with Crippen molar-refractivity contribution < 1.29 is 13.2 Å². The summed E-state index contributed by atoms with van der Waals surface area (Å²) in [5.74, 6) is 0.597. The van der Waals surface area contributed by atoms with Gasteiger partial charge in [-0.25, -0.2) is 13.1 Å². The lowest BCUT2D eigenvalue weighted by molar-refractivity contribution is 0.287. The molecule has 0 fully saturated rings. The highest BCUT2D eigenvalue weighted by molar-refractivity contribution is 7.89. The third kappa shape index (κ3) is 4.24. The molecule has 1 heterocycles. The number of rotatable bonds is 7. The molecule has 2 aromatic carbocycles. The van der Waals surface area contributed by atoms with Crippen LogP contribution in [-0.2, 0) is 10.0 Å². The van der Waals surface area contributed by atoms with Crippen molar-refractivity contribution in [2.24, 2.45) is 0 Å². The molecule has 6 nitrogen and oxygen atoms in total. The van der Waals surface area contributed by atoms with Crippen molar-refractivity contribution in [3.8, 4) is 11.4 Å². The molecule has 0 spiro atoms. The van der Waals surface area contributed by atoms with Crippen molar-refractivity contribution in [3.05, 3.63) is 72.0 Å². The van der Waals surface area contributed by atoms with Gasteiger partial charge >= 0.3 is 0 Å². The summed E-state index contributed by atoms with van der Waals surface area (Å²) in [6.07, 6.45) is 2.84. The van der Waals surface area contributed by atoms with Crippen molar-refractivity contribution in [1.29, 1.82) is 0 Å². The Kier molecular flexibility index (Phi) is 5.61. The maximum Gasteiger partial charge on any atom is 0.246 e. The Balaban J connectivity index is 1.65. The number of aromatic nitrogens is 2. The van der Waals surface area contributed by atoms with Crippen molar-refractivity contribution in [3.63, 3.8) is 0 Å². The number of halogens is 1. The normalized spacial score (nSPS) is 11.7. The van der Waals surface area contributed by atoms with E-state index in [1.165, 1.54) is 28.4 Å². The van der Waals surface area contributed by atoms with Gasteiger partial charge in [-0.2, -0.15) is 9.40 Å². The minimum absolute atomic E-state index is 0.131. The van der Waals surface area contributed by atoms with Crippen LogP contribution in [-0.4, -0.2) is 42.7 Å². The van der Waals surface area contributed by atoms with Crippen molar-refractivity contribution in [2.45, 2.75) is 4.90 Å². The first-order valence-corrected chi connectivity index (χ1v) is 9.73. The van der Waals surface area contributed by atoms with E-state index in [9.17, 15) is 8.42 Å². The van der Waals surface area contributed by atoms with Crippen LogP contribution in [0.15, 0.2) is 71.9 Å². The second-order valence-electron chi connectivity index (χ2n) is 5.59. The largest absolute Gasteiger partial charge is 0.492 e. The van der Waals surface area contributed by atoms with Crippen molar-refractivity contribution in [1.82, 2.24) is 14.1 Å². The summed E-state index contributed by atoms with van der Waals surface area (Å²) in [6.45, 7) is 0.411. The fourth-order valence-electron chi connectivity index (χ4n) is 2.31. The van der Waals surface area contributed by atoms with Crippen LogP contribution in [0.25, 0.3) is 5.69 Å². The zero-order valence-corrected chi connectivity index (χ0v) is 15.7. The summed E-state index contributed by atoms with van der Waals surface area (Å²) in [7, 11) is -2.13. The van der Waals surface area contributed by atoms with Crippen molar-refractivity contribution >= 4 is 21.6 Å². The average Bonchev–Trinajstić information content (AvgIpc) is 3.13. The van der Waals surface area contributed by atoms with Crippen LogP contribution < -0.4 is 4.74 Å². The number of nitrogens with zero attached hydrogens (tertiary/aromatic N) is 3. The number of ether oxygens (including phenoxy) is 1. The highest BCUT2D eigenvalue weighted by Gasteiger charge is 2.22. The lowest BCUT2D eigenvalue weighted by Crippen LogP contribution is -2.30. The van der Waals surface area contributed by atoms with Gasteiger partial charge in [0.25, 0.3) is 0 Å². The molecule has 8 heteroatoms. The molecular formula is C18H18ClN3O3S. The molecule has 0 saturated heterocycles. The molecule has 0 atom stereocenters. The third-order valence-corrected chi connectivity index (χ3v) is 5.80. The fourth-order valence-corrected chi connectivity index (χ4v) is 3.58. The second-order valence-corrected chi connectivity index (χ2v) is 8.07. The second kappa shape index (κ2) is 7.90. The van der Waals surface area contributed by atoms with Gasteiger partial charge in [-0.05, 0) is 30.3 Å². The van der Waals surface area contributed by atoms with Gasteiger partial charge in [0.05, 0.1) is 18.1 Å². The van der Waals surface area contributed by atoms with E-state index in [-0.39, 0.29) is 18.0 Å². The maximum absolute atomic E-state index is 12.7. The predicted octanol–water partition coefficient (Wildman–Crippen LogP) is 3.23. The summed E-state index contributed by atoms with van der Waals surface area (Å²) in [5.41, 5.74) is 0.792. The van der Waals surface area contributed by atoms with E-state index in [1.807, 2.05) is 30.3 Å². The van der Waals surface area contributed by atoms with Gasteiger partial charge in [0.1, 0.15) is 17.3 Å². The van der Waals surface area contributed by atoms with Gasteiger partial charge in [0.2, 0.25) is 10.0 Å². The fraction of sp³-hybridized carbons (Fsp3) is 0.167. The molecule has 0 bridgehead atoms. The molecule has 3 rings (SSSR count).